The summed E-state index contributed by atoms with van der Waals surface area (Å²) in [4.78, 5) is 10.4. The number of hydrogen-bond acceptors (Lipinski definition) is 3. The van der Waals surface area contributed by atoms with Gasteiger partial charge in [0.25, 0.3) is 0 Å². The van der Waals surface area contributed by atoms with Crippen LogP contribution in [0.1, 0.15) is 13.3 Å². The highest BCUT2D eigenvalue weighted by Crippen LogP contribution is 2.13. The summed E-state index contributed by atoms with van der Waals surface area (Å²) in [5, 5.41) is 8.93. The Kier molecular flexibility index (Phi) is 2.06. The first-order valence-electron chi connectivity index (χ1n) is 3.22. The molecule has 2 atom stereocenters. The van der Waals surface area contributed by atoms with Gasteiger partial charge in [-0.1, -0.05) is 6.08 Å². The summed E-state index contributed by atoms with van der Waals surface area (Å²) in [5.74, 6) is -0.302. The average Bonchev–Trinajstić information content (AvgIpc) is 2.13. The molecule has 0 unspecified atom stereocenters. The van der Waals surface area contributed by atoms with E-state index in [0.717, 1.165) is 0 Å². The van der Waals surface area contributed by atoms with E-state index < -0.39 is 6.10 Å². The van der Waals surface area contributed by atoms with Crippen molar-refractivity contribution in [2.45, 2.75) is 25.6 Å². The van der Waals surface area contributed by atoms with Gasteiger partial charge in [-0.25, -0.2) is 0 Å². The number of aliphatic hydroxyl groups is 1. The van der Waals surface area contributed by atoms with Crippen LogP contribution in [0.15, 0.2) is 12.2 Å². The highest BCUT2D eigenvalue weighted by molar-refractivity contribution is 5.66. The van der Waals surface area contributed by atoms with Crippen molar-refractivity contribution >= 4 is 5.97 Å². The smallest absolute Gasteiger partial charge is 0.303 e. The van der Waals surface area contributed by atoms with Gasteiger partial charge in [0.15, 0.2) is 0 Å². The summed E-state index contributed by atoms with van der Waals surface area (Å²) in [7, 11) is 0. The fourth-order valence-electron chi connectivity index (χ4n) is 0.948. The third-order valence-corrected chi connectivity index (χ3v) is 1.34. The Morgan fingerprint density at radius 1 is 1.70 bits per heavy atom. The van der Waals surface area contributed by atoms with E-state index in [2.05, 4.69) is 0 Å². The lowest BCUT2D eigenvalue weighted by molar-refractivity contribution is -0.144. The van der Waals surface area contributed by atoms with Crippen LogP contribution in [0.2, 0.25) is 0 Å². The zero-order valence-electron chi connectivity index (χ0n) is 5.78. The minimum atomic E-state index is -0.440. The van der Waals surface area contributed by atoms with Crippen LogP contribution in [0.5, 0.6) is 0 Å². The molecule has 0 amide bonds. The van der Waals surface area contributed by atoms with Gasteiger partial charge in [-0.05, 0) is 6.08 Å². The molecule has 0 aromatic carbocycles. The van der Waals surface area contributed by atoms with E-state index in [1.54, 1.807) is 12.2 Å². The molecule has 0 spiro atoms. The van der Waals surface area contributed by atoms with Crippen LogP contribution in [0.25, 0.3) is 0 Å². The monoisotopic (exact) mass is 142 g/mol. The van der Waals surface area contributed by atoms with E-state index in [1.807, 2.05) is 0 Å². The van der Waals surface area contributed by atoms with Gasteiger partial charge in [0.2, 0.25) is 0 Å². The van der Waals surface area contributed by atoms with Gasteiger partial charge in [-0.3, -0.25) is 4.79 Å². The minimum absolute atomic E-state index is 0.215. The van der Waals surface area contributed by atoms with Gasteiger partial charge in [0.1, 0.15) is 6.10 Å². The van der Waals surface area contributed by atoms with Crippen LogP contribution in [0.3, 0.4) is 0 Å². The van der Waals surface area contributed by atoms with Crippen LogP contribution in [0, 0.1) is 0 Å². The Balaban J connectivity index is 2.33. The first kappa shape index (κ1) is 7.28. The predicted octanol–water partition coefficient (Wildman–Crippen LogP) is 0.239. The normalized spacial score (nSPS) is 30.6. The van der Waals surface area contributed by atoms with E-state index in [1.165, 1.54) is 6.92 Å². The first-order chi connectivity index (χ1) is 4.68. The lowest BCUT2D eigenvalue weighted by Crippen LogP contribution is -2.13. The second-order valence-corrected chi connectivity index (χ2v) is 2.34. The lowest BCUT2D eigenvalue weighted by Gasteiger charge is -2.07. The molecule has 0 aliphatic heterocycles. The van der Waals surface area contributed by atoms with Gasteiger partial charge in [-0.2, -0.15) is 0 Å². The quantitative estimate of drug-likeness (QED) is 0.421. The van der Waals surface area contributed by atoms with E-state index in [-0.39, 0.29) is 12.1 Å². The maximum atomic E-state index is 10.4. The molecule has 1 N–H and O–H groups in total. The molecule has 0 aromatic heterocycles. The standard InChI is InChI=1S/C7H10O3/c1-5(8)10-7-3-2-6(9)4-7/h2-3,6-7,9H,4H2,1H3/t6-,7-/m0/s1. The number of aliphatic hydroxyl groups excluding tert-OH is 1. The molecule has 1 aliphatic carbocycles. The first-order valence-corrected chi connectivity index (χ1v) is 3.22. The second-order valence-electron chi connectivity index (χ2n) is 2.34. The van der Waals surface area contributed by atoms with Crippen LogP contribution in [-0.2, 0) is 9.53 Å². The number of ether oxygens (including phenoxy) is 1. The molecular weight excluding hydrogens is 132 g/mol. The number of carbonyl (C=O) groups is 1. The fourth-order valence-corrected chi connectivity index (χ4v) is 0.948. The molecular formula is C7H10O3. The molecule has 0 saturated heterocycles. The summed E-state index contributed by atoms with van der Waals surface area (Å²) >= 11 is 0. The zero-order valence-corrected chi connectivity index (χ0v) is 5.78. The highest BCUT2D eigenvalue weighted by atomic mass is 16.5. The maximum Gasteiger partial charge on any atom is 0.303 e. The summed E-state index contributed by atoms with van der Waals surface area (Å²) < 4.78 is 4.80. The summed E-state index contributed by atoms with van der Waals surface area (Å²) in [6.45, 7) is 1.36. The van der Waals surface area contributed by atoms with Crippen molar-refractivity contribution in [3.63, 3.8) is 0 Å². The lowest BCUT2D eigenvalue weighted by atomic mass is 10.3. The van der Waals surface area contributed by atoms with Gasteiger partial charge < -0.3 is 9.84 Å². The molecule has 3 heteroatoms. The van der Waals surface area contributed by atoms with E-state index in [9.17, 15) is 4.79 Å². The number of rotatable bonds is 1. The second kappa shape index (κ2) is 2.84. The predicted molar refractivity (Wildman–Crippen MR) is 35.3 cm³/mol. The van der Waals surface area contributed by atoms with Crippen molar-refractivity contribution in [1.82, 2.24) is 0 Å². The van der Waals surface area contributed by atoms with Crippen molar-refractivity contribution in [2.75, 3.05) is 0 Å². The van der Waals surface area contributed by atoms with Crippen LogP contribution in [0.4, 0.5) is 0 Å². The molecule has 1 rings (SSSR count). The Morgan fingerprint density at radius 2 is 2.40 bits per heavy atom. The van der Waals surface area contributed by atoms with E-state index >= 15 is 0 Å². The van der Waals surface area contributed by atoms with Crippen molar-refractivity contribution in [1.29, 1.82) is 0 Å². The largest absolute Gasteiger partial charge is 0.458 e. The Bertz CT molecular complexity index is 162. The van der Waals surface area contributed by atoms with Gasteiger partial charge in [-0.15, -0.1) is 0 Å². The topological polar surface area (TPSA) is 46.5 Å². The van der Waals surface area contributed by atoms with E-state index in [0.29, 0.717) is 6.42 Å². The third kappa shape index (κ3) is 1.84. The molecule has 10 heavy (non-hydrogen) atoms. The van der Waals surface area contributed by atoms with Crippen LogP contribution < -0.4 is 0 Å². The molecule has 0 bridgehead atoms. The molecule has 0 fully saturated rings. The van der Waals surface area contributed by atoms with Crippen molar-refractivity contribution in [3.05, 3.63) is 12.2 Å². The van der Waals surface area contributed by atoms with Crippen molar-refractivity contribution in [3.8, 4) is 0 Å². The Labute approximate surface area is 59.3 Å². The molecule has 56 valence electrons. The summed E-state index contributed by atoms with van der Waals surface area (Å²) in [6.07, 6.45) is 3.18. The molecule has 0 aromatic rings. The molecule has 0 heterocycles. The third-order valence-electron chi connectivity index (χ3n) is 1.34. The van der Waals surface area contributed by atoms with E-state index in [4.69, 9.17) is 9.84 Å². The molecule has 3 nitrogen and oxygen atoms in total. The van der Waals surface area contributed by atoms with Crippen molar-refractivity contribution < 1.29 is 14.6 Å². The van der Waals surface area contributed by atoms with Gasteiger partial charge in [0.05, 0.1) is 6.10 Å². The molecule has 0 radical (unpaired) electrons. The fraction of sp³-hybridized carbons (Fsp3) is 0.571. The van der Waals surface area contributed by atoms with Gasteiger partial charge >= 0.3 is 5.97 Å². The molecule has 1 aliphatic rings. The van der Waals surface area contributed by atoms with Gasteiger partial charge in [0, 0.05) is 13.3 Å². The molecule has 0 saturated carbocycles. The number of carbonyl (C=O) groups excluding carboxylic acids is 1. The maximum absolute atomic E-state index is 10.4. The van der Waals surface area contributed by atoms with Crippen molar-refractivity contribution in [2.24, 2.45) is 0 Å². The Hall–Kier alpha value is -0.830. The zero-order chi connectivity index (χ0) is 7.56. The summed E-state index contributed by atoms with van der Waals surface area (Å²) in [6, 6.07) is 0. The Morgan fingerprint density at radius 3 is 2.80 bits per heavy atom. The number of esters is 1. The average molecular weight is 142 g/mol. The number of hydrogen-bond donors (Lipinski definition) is 1. The highest BCUT2D eigenvalue weighted by Gasteiger charge is 2.18. The summed E-state index contributed by atoms with van der Waals surface area (Å²) in [5.41, 5.74) is 0. The van der Waals surface area contributed by atoms with Crippen LogP contribution >= 0.6 is 0 Å². The van der Waals surface area contributed by atoms with Crippen LogP contribution in [-0.4, -0.2) is 23.3 Å². The SMILES string of the molecule is CC(=O)O[C@H]1C=C[C@H](O)C1. The minimum Gasteiger partial charge on any atom is -0.458 e.